The predicted molar refractivity (Wildman–Crippen MR) is 91.3 cm³/mol. The van der Waals surface area contributed by atoms with E-state index in [-0.39, 0.29) is 5.91 Å². The van der Waals surface area contributed by atoms with Crippen LogP contribution in [0.1, 0.15) is 47.7 Å². The molecule has 0 aliphatic rings. The first-order chi connectivity index (χ1) is 10.7. The van der Waals surface area contributed by atoms with E-state index < -0.39 is 0 Å². The molecule has 0 saturated carbocycles. The van der Waals surface area contributed by atoms with Crippen LogP contribution in [0, 0.1) is 0 Å². The molecule has 22 heavy (non-hydrogen) atoms. The van der Waals surface area contributed by atoms with Crippen molar-refractivity contribution in [1.29, 1.82) is 0 Å². The maximum Gasteiger partial charge on any atom is 0.271 e. The maximum atomic E-state index is 11.9. The van der Waals surface area contributed by atoms with Crippen molar-refractivity contribution in [1.82, 2.24) is 5.43 Å². The third-order valence-corrected chi connectivity index (χ3v) is 3.50. The Bertz CT molecular complexity index is 616. The van der Waals surface area contributed by atoms with E-state index in [1.807, 2.05) is 42.5 Å². The van der Waals surface area contributed by atoms with Gasteiger partial charge in [0.25, 0.3) is 5.91 Å². The molecule has 0 unspecified atom stereocenters. The average molecular weight is 294 g/mol. The van der Waals surface area contributed by atoms with E-state index in [0.717, 1.165) is 12.8 Å². The normalized spacial score (nSPS) is 11.0. The topological polar surface area (TPSA) is 41.5 Å². The Morgan fingerprint density at radius 1 is 1.09 bits per heavy atom. The fourth-order valence-electron chi connectivity index (χ4n) is 2.13. The SMILES string of the molecule is CC(C)c1ccc(C(=O)N/N=C/CCc2ccccc2)cc1. The molecule has 0 saturated heterocycles. The number of aryl methyl sites for hydroxylation is 1. The Balaban J connectivity index is 1.78. The molecule has 114 valence electrons. The minimum Gasteiger partial charge on any atom is -0.267 e. The molecule has 3 nitrogen and oxygen atoms in total. The van der Waals surface area contributed by atoms with Gasteiger partial charge < -0.3 is 0 Å². The van der Waals surface area contributed by atoms with Gasteiger partial charge in [0, 0.05) is 11.8 Å². The standard InChI is InChI=1S/C19H22N2O/c1-15(2)17-10-12-18(13-11-17)19(22)21-20-14-6-9-16-7-4-3-5-8-16/h3-5,7-8,10-15H,6,9H2,1-2H3,(H,21,22)/b20-14+. The van der Waals surface area contributed by atoms with Crippen molar-refractivity contribution >= 4 is 12.1 Å². The van der Waals surface area contributed by atoms with Crippen LogP contribution in [0.4, 0.5) is 0 Å². The number of carbonyl (C=O) groups excluding carboxylic acids is 1. The maximum absolute atomic E-state index is 11.9. The zero-order chi connectivity index (χ0) is 15.8. The number of benzene rings is 2. The van der Waals surface area contributed by atoms with Gasteiger partial charge in [-0.2, -0.15) is 5.10 Å². The van der Waals surface area contributed by atoms with Gasteiger partial charge in [0.05, 0.1) is 0 Å². The van der Waals surface area contributed by atoms with Gasteiger partial charge in [-0.3, -0.25) is 4.79 Å². The zero-order valence-electron chi connectivity index (χ0n) is 13.1. The summed E-state index contributed by atoms with van der Waals surface area (Å²) in [6, 6.07) is 17.9. The first kappa shape index (κ1) is 16.0. The summed E-state index contributed by atoms with van der Waals surface area (Å²) in [7, 11) is 0. The Hall–Kier alpha value is -2.42. The van der Waals surface area contributed by atoms with Crippen LogP contribution in [0.2, 0.25) is 0 Å². The van der Waals surface area contributed by atoms with Crippen molar-refractivity contribution in [3.05, 3.63) is 71.3 Å². The van der Waals surface area contributed by atoms with E-state index in [1.54, 1.807) is 6.21 Å². The smallest absolute Gasteiger partial charge is 0.267 e. The third kappa shape index (κ3) is 4.85. The quantitative estimate of drug-likeness (QED) is 0.631. The highest BCUT2D eigenvalue weighted by atomic mass is 16.2. The molecule has 3 heteroatoms. The molecule has 1 amide bonds. The van der Waals surface area contributed by atoms with Crippen LogP contribution >= 0.6 is 0 Å². The van der Waals surface area contributed by atoms with E-state index in [2.05, 4.69) is 36.5 Å². The average Bonchev–Trinajstić information content (AvgIpc) is 2.55. The van der Waals surface area contributed by atoms with Gasteiger partial charge >= 0.3 is 0 Å². The van der Waals surface area contributed by atoms with Gasteiger partial charge in [-0.1, -0.05) is 56.3 Å². The lowest BCUT2D eigenvalue weighted by Gasteiger charge is -2.05. The van der Waals surface area contributed by atoms with Crippen molar-refractivity contribution < 1.29 is 4.79 Å². The number of carbonyl (C=O) groups is 1. The van der Waals surface area contributed by atoms with E-state index in [9.17, 15) is 4.79 Å². The fraction of sp³-hybridized carbons (Fsp3) is 0.263. The van der Waals surface area contributed by atoms with Crippen molar-refractivity contribution in [2.45, 2.75) is 32.6 Å². The first-order valence-corrected chi connectivity index (χ1v) is 7.62. The molecule has 0 bridgehead atoms. The number of hydrazone groups is 1. The predicted octanol–water partition coefficient (Wildman–Crippen LogP) is 4.16. The molecule has 2 rings (SSSR count). The largest absolute Gasteiger partial charge is 0.271 e. The molecule has 0 heterocycles. The highest BCUT2D eigenvalue weighted by Gasteiger charge is 2.05. The van der Waals surface area contributed by atoms with Gasteiger partial charge in [-0.25, -0.2) is 5.43 Å². The molecule has 0 aliphatic heterocycles. The van der Waals surface area contributed by atoms with Crippen molar-refractivity contribution in [3.63, 3.8) is 0 Å². The molecular weight excluding hydrogens is 272 g/mol. The van der Waals surface area contributed by atoms with E-state index in [4.69, 9.17) is 0 Å². The lowest BCUT2D eigenvalue weighted by atomic mass is 10.0. The van der Waals surface area contributed by atoms with Gasteiger partial charge in [0.15, 0.2) is 0 Å². The fourth-order valence-corrected chi connectivity index (χ4v) is 2.13. The molecule has 0 spiro atoms. The van der Waals surface area contributed by atoms with Gasteiger partial charge in [0.1, 0.15) is 0 Å². The summed E-state index contributed by atoms with van der Waals surface area (Å²) < 4.78 is 0. The Labute approximate surface area is 132 Å². The number of nitrogens with zero attached hydrogens (tertiary/aromatic N) is 1. The van der Waals surface area contributed by atoms with Crippen LogP contribution in [0.5, 0.6) is 0 Å². The van der Waals surface area contributed by atoms with E-state index >= 15 is 0 Å². The lowest BCUT2D eigenvalue weighted by molar-refractivity contribution is 0.0955. The number of amides is 1. The summed E-state index contributed by atoms with van der Waals surface area (Å²) in [4.78, 5) is 11.9. The van der Waals surface area contributed by atoms with Crippen molar-refractivity contribution in [3.8, 4) is 0 Å². The summed E-state index contributed by atoms with van der Waals surface area (Å²) in [5, 5.41) is 4.00. The molecule has 0 fully saturated rings. The second kappa shape index (κ2) is 8.13. The minimum atomic E-state index is -0.175. The number of rotatable bonds is 6. The summed E-state index contributed by atoms with van der Waals surface area (Å²) >= 11 is 0. The summed E-state index contributed by atoms with van der Waals surface area (Å²) in [5.41, 5.74) is 5.69. The molecular formula is C19H22N2O. The molecule has 0 radical (unpaired) electrons. The molecule has 0 aliphatic carbocycles. The molecule has 0 aromatic heterocycles. The van der Waals surface area contributed by atoms with Crippen molar-refractivity contribution in [2.24, 2.45) is 5.10 Å². The molecule has 2 aromatic rings. The highest BCUT2D eigenvalue weighted by molar-refractivity contribution is 5.94. The summed E-state index contributed by atoms with van der Waals surface area (Å²) in [6.07, 6.45) is 3.47. The third-order valence-electron chi connectivity index (χ3n) is 3.50. The van der Waals surface area contributed by atoms with Crippen LogP contribution in [-0.4, -0.2) is 12.1 Å². The van der Waals surface area contributed by atoms with E-state index in [0.29, 0.717) is 11.5 Å². The number of hydrogen-bond donors (Lipinski definition) is 1. The van der Waals surface area contributed by atoms with Gasteiger partial charge in [-0.05, 0) is 42.0 Å². The van der Waals surface area contributed by atoms with Crippen LogP contribution in [-0.2, 0) is 6.42 Å². The number of hydrogen-bond acceptors (Lipinski definition) is 2. The van der Waals surface area contributed by atoms with Crippen molar-refractivity contribution in [2.75, 3.05) is 0 Å². The highest BCUT2D eigenvalue weighted by Crippen LogP contribution is 2.14. The summed E-state index contributed by atoms with van der Waals surface area (Å²) in [5.74, 6) is 0.291. The Morgan fingerprint density at radius 2 is 1.77 bits per heavy atom. The lowest BCUT2D eigenvalue weighted by Crippen LogP contribution is -2.17. The van der Waals surface area contributed by atoms with Gasteiger partial charge in [0.2, 0.25) is 0 Å². The monoisotopic (exact) mass is 294 g/mol. The second-order valence-corrected chi connectivity index (χ2v) is 5.55. The second-order valence-electron chi connectivity index (χ2n) is 5.55. The Kier molecular flexibility index (Phi) is 5.90. The molecule has 2 aromatic carbocycles. The van der Waals surface area contributed by atoms with Gasteiger partial charge in [-0.15, -0.1) is 0 Å². The van der Waals surface area contributed by atoms with Crippen LogP contribution < -0.4 is 5.43 Å². The van der Waals surface area contributed by atoms with E-state index in [1.165, 1.54) is 11.1 Å². The Morgan fingerprint density at radius 3 is 2.41 bits per heavy atom. The van der Waals surface area contributed by atoms with Crippen LogP contribution in [0.15, 0.2) is 59.7 Å². The minimum absolute atomic E-state index is 0.175. The zero-order valence-corrected chi connectivity index (χ0v) is 13.1. The molecule has 0 atom stereocenters. The summed E-state index contributed by atoms with van der Waals surface area (Å²) in [6.45, 7) is 4.26. The number of nitrogens with one attached hydrogen (secondary N) is 1. The first-order valence-electron chi connectivity index (χ1n) is 7.62. The molecule has 1 N–H and O–H groups in total. The van der Waals surface area contributed by atoms with Crippen LogP contribution in [0.3, 0.4) is 0 Å². The van der Waals surface area contributed by atoms with Crippen LogP contribution in [0.25, 0.3) is 0 Å².